The van der Waals surface area contributed by atoms with Gasteiger partial charge in [0.15, 0.2) is 0 Å². The molecule has 1 rings (SSSR count). The maximum atomic E-state index is 11.4. The van der Waals surface area contributed by atoms with Crippen molar-refractivity contribution < 1.29 is 9.90 Å². The number of aliphatic hydroxyl groups excluding tert-OH is 1. The summed E-state index contributed by atoms with van der Waals surface area (Å²) in [5.74, 6) is 0.646. The van der Waals surface area contributed by atoms with Crippen molar-refractivity contribution >= 4 is 5.91 Å². The van der Waals surface area contributed by atoms with E-state index in [-0.39, 0.29) is 18.1 Å². The molecule has 1 amide bonds. The average Bonchev–Trinajstić information content (AvgIpc) is 2.08. The predicted molar refractivity (Wildman–Crippen MR) is 54.9 cm³/mol. The summed E-state index contributed by atoms with van der Waals surface area (Å²) in [5, 5.41) is 12.3. The fourth-order valence-electron chi connectivity index (χ4n) is 1.69. The van der Waals surface area contributed by atoms with E-state index in [2.05, 4.69) is 5.32 Å². The van der Waals surface area contributed by atoms with Gasteiger partial charge in [-0.3, -0.25) is 4.79 Å². The molecule has 82 valence electrons. The summed E-state index contributed by atoms with van der Waals surface area (Å²) in [4.78, 5) is 13.0. The molecule has 4 nitrogen and oxygen atoms in total. The lowest BCUT2D eigenvalue weighted by Gasteiger charge is -2.32. The standard InChI is InChI=1S/C10H20N2O2/c1-7(10(14)12(2)3)11-6-8-4-9(13)5-8/h7-9,11,13H,4-6H2,1-3H3. The molecule has 1 aliphatic carbocycles. The zero-order valence-corrected chi connectivity index (χ0v) is 9.16. The smallest absolute Gasteiger partial charge is 0.238 e. The monoisotopic (exact) mass is 200 g/mol. The molecule has 4 heteroatoms. The van der Waals surface area contributed by atoms with E-state index in [0.29, 0.717) is 5.92 Å². The van der Waals surface area contributed by atoms with Gasteiger partial charge in [-0.2, -0.15) is 0 Å². The van der Waals surface area contributed by atoms with E-state index >= 15 is 0 Å². The predicted octanol–water partition coefficient (Wildman–Crippen LogP) is -0.176. The van der Waals surface area contributed by atoms with E-state index in [0.717, 1.165) is 19.4 Å². The molecule has 0 bridgehead atoms. The normalized spacial score (nSPS) is 28.0. The fraction of sp³-hybridized carbons (Fsp3) is 0.900. The Bertz CT molecular complexity index is 200. The molecule has 1 unspecified atom stereocenters. The molecular weight excluding hydrogens is 180 g/mol. The summed E-state index contributed by atoms with van der Waals surface area (Å²) in [5.41, 5.74) is 0. The first-order valence-electron chi connectivity index (χ1n) is 5.13. The summed E-state index contributed by atoms with van der Waals surface area (Å²) in [6.07, 6.45) is 1.63. The van der Waals surface area contributed by atoms with Crippen LogP contribution < -0.4 is 5.32 Å². The Labute approximate surface area is 85.3 Å². The van der Waals surface area contributed by atoms with Crippen molar-refractivity contribution in [2.24, 2.45) is 5.92 Å². The molecule has 0 aromatic heterocycles. The van der Waals surface area contributed by atoms with Crippen LogP contribution in [0.2, 0.25) is 0 Å². The van der Waals surface area contributed by atoms with E-state index in [1.807, 2.05) is 6.92 Å². The summed E-state index contributed by atoms with van der Waals surface area (Å²) < 4.78 is 0. The summed E-state index contributed by atoms with van der Waals surface area (Å²) in [6.45, 7) is 2.70. The average molecular weight is 200 g/mol. The highest BCUT2D eigenvalue weighted by Gasteiger charge is 2.27. The largest absolute Gasteiger partial charge is 0.393 e. The van der Waals surface area contributed by atoms with Crippen LogP contribution in [0.3, 0.4) is 0 Å². The van der Waals surface area contributed by atoms with E-state index < -0.39 is 0 Å². The molecule has 0 heterocycles. The van der Waals surface area contributed by atoms with Crippen molar-refractivity contribution in [3.8, 4) is 0 Å². The highest BCUT2D eigenvalue weighted by Crippen LogP contribution is 2.26. The summed E-state index contributed by atoms with van der Waals surface area (Å²) in [6, 6.07) is -0.122. The Hall–Kier alpha value is -0.610. The molecule has 0 radical (unpaired) electrons. The minimum absolute atomic E-state index is 0.102. The summed E-state index contributed by atoms with van der Waals surface area (Å²) >= 11 is 0. The van der Waals surface area contributed by atoms with Crippen molar-refractivity contribution in [1.29, 1.82) is 0 Å². The molecule has 1 atom stereocenters. The topological polar surface area (TPSA) is 52.6 Å². The Balaban J connectivity index is 2.15. The molecule has 1 saturated carbocycles. The quantitative estimate of drug-likeness (QED) is 0.662. The second-order valence-electron chi connectivity index (χ2n) is 4.35. The Kier molecular flexibility index (Phi) is 3.89. The van der Waals surface area contributed by atoms with Gasteiger partial charge < -0.3 is 15.3 Å². The van der Waals surface area contributed by atoms with Gasteiger partial charge in [0.2, 0.25) is 5.91 Å². The van der Waals surface area contributed by atoms with Crippen LogP contribution in [-0.2, 0) is 4.79 Å². The molecule has 14 heavy (non-hydrogen) atoms. The van der Waals surface area contributed by atoms with E-state index in [9.17, 15) is 4.79 Å². The van der Waals surface area contributed by atoms with Crippen LogP contribution >= 0.6 is 0 Å². The number of likely N-dealkylation sites (N-methyl/N-ethyl adjacent to an activating group) is 1. The number of hydrogen-bond acceptors (Lipinski definition) is 3. The third-order valence-electron chi connectivity index (χ3n) is 2.73. The van der Waals surface area contributed by atoms with Gasteiger partial charge in [-0.1, -0.05) is 0 Å². The highest BCUT2D eigenvalue weighted by atomic mass is 16.3. The van der Waals surface area contributed by atoms with Crippen molar-refractivity contribution in [2.45, 2.75) is 31.9 Å². The maximum Gasteiger partial charge on any atom is 0.238 e. The minimum atomic E-state index is -0.122. The molecule has 1 fully saturated rings. The fourth-order valence-corrected chi connectivity index (χ4v) is 1.69. The van der Waals surface area contributed by atoms with E-state index in [1.54, 1.807) is 19.0 Å². The molecule has 0 aromatic rings. The van der Waals surface area contributed by atoms with Crippen molar-refractivity contribution in [3.63, 3.8) is 0 Å². The lowest BCUT2D eigenvalue weighted by Crippen LogP contribution is -2.45. The van der Waals surface area contributed by atoms with Gasteiger partial charge in [-0.15, -0.1) is 0 Å². The first-order valence-corrected chi connectivity index (χ1v) is 5.13. The minimum Gasteiger partial charge on any atom is -0.393 e. The van der Waals surface area contributed by atoms with Crippen LogP contribution in [-0.4, -0.2) is 48.7 Å². The zero-order valence-electron chi connectivity index (χ0n) is 9.16. The first kappa shape index (κ1) is 11.5. The van der Waals surface area contributed by atoms with Crippen LogP contribution in [0.4, 0.5) is 0 Å². The van der Waals surface area contributed by atoms with Gasteiger partial charge in [-0.05, 0) is 32.2 Å². The number of amides is 1. The van der Waals surface area contributed by atoms with Crippen LogP contribution in [0.25, 0.3) is 0 Å². The molecule has 2 N–H and O–H groups in total. The Morgan fingerprint density at radius 1 is 1.57 bits per heavy atom. The third kappa shape index (κ3) is 2.96. The Morgan fingerprint density at radius 3 is 2.57 bits per heavy atom. The number of aliphatic hydroxyl groups is 1. The molecule has 0 aromatic carbocycles. The summed E-state index contributed by atoms with van der Waals surface area (Å²) in [7, 11) is 3.52. The molecule has 0 saturated heterocycles. The van der Waals surface area contributed by atoms with Crippen molar-refractivity contribution in [2.75, 3.05) is 20.6 Å². The zero-order chi connectivity index (χ0) is 10.7. The molecular formula is C10H20N2O2. The van der Waals surface area contributed by atoms with Crippen LogP contribution in [0.15, 0.2) is 0 Å². The second kappa shape index (κ2) is 4.75. The highest BCUT2D eigenvalue weighted by molar-refractivity contribution is 5.80. The van der Waals surface area contributed by atoms with Gasteiger partial charge in [0.25, 0.3) is 0 Å². The van der Waals surface area contributed by atoms with Gasteiger partial charge in [-0.25, -0.2) is 0 Å². The Morgan fingerprint density at radius 2 is 2.14 bits per heavy atom. The van der Waals surface area contributed by atoms with E-state index in [1.165, 1.54) is 0 Å². The van der Waals surface area contributed by atoms with Gasteiger partial charge in [0, 0.05) is 14.1 Å². The van der Waals surface area contributed by atoms with Gasteiger partial charge in [0.1, 0.15) is 0 Å². The maximum absolute atomic E-state index is 11.4. The number of nitrogens with one attached hydrogen (secondary N) is 1. The lowest BCUT2D eigenvalue weighted by molar-refractivity contribution is -0.130. The first-order chi connectivity index (χ1) is 6.50. The molecule has 0 aliphatic heterocycles. The van der Waals surface area contributed by atoms with Crippen molar-refractivity contribution in [3.05, 3.63) is 0 Å². The number of nitrogens with zero attached hydrogens (tertiary/aromatic N) is 1. The molecule has 0 spiro atoms. The van der Waals surface area contributed by atoms with Gasteiger partial charge >= 0.3 is 0 Å². The van der Waals surface area contributed by atoms with Crippen LogP contribution in [0.1, 0.15) is 19.8 Å². The second-order valence-corrected chi connectivity index (χ2v) is 4.35. The number of rotatable bonds is 4. The lowest BCUT2D eigenvalue weighted by atomic mass is 9.82. The SMILES string of the molecule is CC(NCC1CC(O)C1)C(=O)N(C)C. The number of carbonyl (C=O) groups is 1. The van der Waals surface area contributed by atoms with Crippen molar-refractivity contribution in [1.82, 2.24) is 10.2 Å². The molecule has 1 aliphatic rings. The van der Waals surface area contributed by atoms with Crippen LogP contribution in [0, 0.1) is 5.92 Å². The third-order valence-corrected chi connectivity index (χ3v) is 2.73. The van der Waals surface area contributed by atoms with E-state index in [4.69, 9.17) is 5.11 Å². The number of carbonyl (C=O) groups excluding carboxylic acids is 1. The van der Waals surface area contributed by atoms with Crippen LogP contribution in [0.5, 0.6) is 0 Å². The van der Waals surface area contributed by atoms with Gasteiger partial charge in [0.05, 0.1) is 12.1 Å². The number of hydrogen-bond donors (Lipinski definition) is 2.